The summed E-state index contributed by atoms with van der Waals surface area (Å²) in [6, 6.07) is 7.08. The molecule has 7 nitrogen and oxygen atoms in total. The van der Waals surface area contributed by atoms with Gasteiger partial charge in [0.2, 0.25) is 0 Å². The normalized spacial score (nSPS) is 20.5. The maximum atomic E-state index is 12.6. The number of carbonyl (C=O) groups is 1. The quantitative estimate of drug-likeness (QED) is 0.394. The summed E-state index contributed by atoms with van der Waals surface area (Å²) in [7, 11) is 0. The summed E-state index contributed by atoms with van der Waals surface area (Å²) in [5.41, 5.74) is -0.128. The van der Waals surface area contributed by atoms with E-state index in [1.165, 1.54) is 18.2 Å². The molecule has 0 radical (unpaired) electrons. The van der Waals surface area contributed by atoms with Crippen molar-refractivity contribution in [2.75, 3.05) is 0 Å². The number of aliphatic hydroxyl groups excluding tert-OH is 1. The number of aromatic hydroxyl groups is 3. The van der Waals surface area contributed by atoms with Gasteiger partial charge in [-0.15, -0.1) is 0 Å². The lowest BCUT2D eigenvalue weighted by Crippen LogP contribution is -2.49. The summed E-state index contributed by atoms with van der Waals surface area (Å²) in [6.07, 6.45) is 1.63. The van der Waals surface area contributed by atoms with E-state index < -0.39 is 17.3 Å². The number of aliphatic hydroxyl groups is 2. The van der Waals surface area contributed by atoms with Crippen molar-refractivity contribution in [1.82, 2.24) is 0 Å². The molecule has 0 aromatic heterocycles. The fourth-order valence-electron chi connectivity index (χ4n) is 4.17. The van der Waals surface area contributed by atoms with Crippen LogP contribution in [0.25, 0.3) is 0 Å². The average Bonchev–Trinajstić information content (AvgIpc) is 2.68. The molecule has 0 fully saturated rings. The van der Waals surface area contributed by atoms with Gasteiger partial charge in [0.25, 0.3) is 0 Å². The lowest BCUT2D eigenvalue weighted by molar-refractivity contribution is -0.0648. The summed E-state index contributed by atoms with van der Waals surface area (Å²) in [5, 5.41) is 50.5. The van der Waals surface area contributed by atoms with E-state index >= 15 is 0 Å². The molecule has 32 heavy (non-hydrogen) atoms. The van der Waals surface area contributed by atoms with Gasteiger partial charge in [0.1, 0.15) is 17.1 Å². The predicted octanol–water partition coefficient (Wildman–Crippen LogP) is 3.61. The van der Waals surface area contributed by atoms with Crippen LogP contribution in [0.5, 0.6) is 23.0 Å². The van der Waals surface area contributed by atoms with Gasteiger partial charge in [-0.05, 0) is 70.2 Å². The fourth-order valence-corrected chi connectivity index (χ4v) is 4.17. The Hall–Kier alpha value is -2.77. The molecule has 7 heteroatoms. The molecular weight excluding hydrogens is 412 g/mol. The van der Waals surface area contributed by atoms with E-state index in [4.69, 9.17) is 4.74 Å². The van der Waals surface area contributed by atoms with Crippen LogP contribution in [0.2, 0.25) is 0 Å². The Labute approximate surface area is 187 Å². The van der Waals surface area contributed by atoms with Gasteiger partial charge in [0, 0.05) is 24.5 Å². The first-order valence-corrected chi connectivity index (χ1v) is 10.9. The standard InChI is InChI=1S/C25H32O7/c1-24(2,31)11-4-12-25(3)22(30)14-18-15(6-10-20(28)23(18)32-25)5-9-19(27)17-8-7-16(26)13-21(17)29/h6-8,10,13,22,26,28-31H,4-5,9,11-12,14H2,1-3H3. The summed E-state index contributed by atoms with van der Waals surface area (Å²) in [4.78, 5) is 12.6. The van der Waals surface area contributed by atoms with Crippen molar-refractivity contribution < 1.29 is 35.1 Å². The molecule has 2 atom stereocenters. The number of aryl methyl sites for hydroxylation is 1. The second-order valence-electron chi connectivity index (χ2n) is 9.48. The monoisotopic (exact) mass is 444 g/mol. The third kappa shape index (κ3) is 5.34. The number of ketones is 1. The lowest BCUT2D eigenvalue weighted by atomic mass is 9.82. The average molecular weight is 445 g/mol. The molecule has 1 aliphatic rings. The van der Waals surface area contributed by atoms with Crippen LogP contribution in [0, 0.1) is 0 Å². The molecule has 0 amide bonds. The first-order valence-electron chi connectivity index (χ1n) is 10.9. The minimum Gasteiger partial charge on any atom is -0.508 e. The molecule has 1 aliphatic heterocycles. The van der Waals surface area contributed by atoms with E-state index in [2.05, 4.69) is 0 Å². The molecule has 0 spiro atoms. The second-order valence-corrected chi connectivity index (χ2v) is 9.48. The van der Waals surface area contributed by atoms with Crippen molar-refractivity contribution in [3.8, 4) is 23.0 Å². The van der Waals surface area contributed by atoms with Crippen LogP contribution in [-0.4, -0.2) is 48.6 Å². The van der Waals surface area contributed by atoms with Crippen molar-refractivity contribution in [3.05, 3.63) is 47.0 Å². The van der Waals surface area contributed by atoms with Crippen molar-refractivity contribution in [3.63, 3.8) is 0 Å². The zero-order valence-corrected chi connectivity index (χ0v) is 18.8. The van der Waals surface area contributed by atoms with Crippen LogP contribution in [-0.2, 0) is 12.8 Å². The molecule has 2 aromatic rings. The number of benzene rings is 2. The third-order valence-corrected chi connectivity index (χ3v) is 6.14. The summed E-state index contributed by atoms with van der Waals surface area (Å²) >= 11 is 0. The Balaban J connectivity index is 1.76. The van der Waals surface area contributed by atoms with Gasteiger partial charge in [-0.25, -0.2) is 0 Å². The number of phenolic OH excluding ortho intramolecular Hbond substituents is 3. The Bertz CT molecular complexity index is 993. The Morgan fingerprint density at radius 2 is 1.88 bits per heavy atom. The minimum absolute atomic E-state index is 0.0214. The first kappa shape index (κ1) is 23.9. The number of hydrogen-bond donors (Lipinski definition) is 5. The van der Waals surface area contributed by atoms with E-state index in [1.54, 1.807) is 26.8 Å². The summed E-state index contributed by atoms with van der Waals surface area (Å²) in [6.45, 7) is 5.27. The van der Waals surface area contributed by atoms with Gasteiger partial charge in [-0.1, -0.05) is 6.07 Å². The van der Waals surface area contributed by atoms with Gasteiger partial charge in [-0.2, -0.15) is 0 Å². The van der Waals surface area contributed by atoms with Crippen LogP contribution in [0.1, 0.15) is 67.9 Å². The summed E-state index contributed by atoms with van der Waals surface area (Å²) < 4.78 is 6.11. The Morgan fingerprint density at radius 1 is 1.16 bits per heavy atom. The highest BCUT2D eigenvalue weighted by atomic mass is 16.5. The second kappa shape index (κ2) is 9.00. The Kier molecular flexibility index (Phi) is 6.72. The van der Waals surface area contributed by atoms with E-state index in [0.717, 1.165) is 11.6 Å². The number of phenols is 3. The predicted molar refractivity (Wildman–Crippen MR) is 119 cm³/mol. The minimum atomic E-state index is -0.901. The highest BCUT2D eigenvalue weighted by Gasteiger charge is 2.41. The number of rotatable bonds is 8. The van der Waals surface area contributed by atoms with Crippen molar-refractivity contribution >= 4 is 5.78 Å². The zero-order chi connectivity index (χ0) is 23.7. The zero-order valence-electron chi connectivity index (χ0n) is 18.8. The van der Waals surface area contributed by atoms with Gasteiger partial charge < -0.3 is 30.3 Å². The molecule has 174 valence electrons. The number of ether oxygens (including phenoxy) is 1. The third-order valence-electron chi connectivity index (χ3n) is 6.14. The number of hydrogen-bond acceptors (Lipinski definition) is 7. The van der Waals surface area contributed by atoms with Crippen molar-refractivity contribution in [2.24, 2.45) is 0 Å². The molecule has 1 heterocycles. The van der Waals surface area contributed by atoms with E-state index in [9.17, 15) is 30.3 Å². The van der Waals surface area contributed by atoms with E-state index in [-0.39, 0.29) is 41.4 Å². The maximum Gasteiger partial charge on any atom is 0.166 e. The molecular formula is C25H32O7. The van der Waals surface area contributed by atoms with Gasteiger partial charge in [-0.3, -0.25) is 4.79 Å². The van der Waals surface area contributed by atoms with Crippen LogP contribution in [0.4, 0.5) is 0 Å². The van der Waals surface area contributed by atoms with Crippen LogP contribution in [0.15, 0.2) is 30.3 Å². The Morgan fingerprint density at radius 3 is 2.53 bits per heavy atom. The summed E-state index contributed by atoms with van der Waals surface area (Å²) in [5.74, 6) is -0.380. The molecule has 0 bridgehead atoms. The molecule has 0 aliphatic carbocycles. The smallest absolute Gasteiger partial charge is 0.166 e. The van der Waals surface area contributed by atoms with Crippen LogP contribution >= 0.6 is 0 Å². The fraction of sp³-hybridized carbons (Fsp3) is 0.480. The highest BCUT2D eigenvalue weighted by molar-refractivity contribution is 5.98. The topological polar surface area (TPSA) is 127 Å². The molecule has 5 N–H and O–H groups in total. The molecule has 2 unspecified atom stereocenters. The largest absolute Gasteiger partial charge is 0.508 e. The first-order chi connectivity index (χ1) is 14.9. The van der Waals surface area contributed by atoms with Crippen LogP contribution < -0.4 is 4.74 Å². The SMILES string of the molecule is CC(C)(O)CCCC1(C)Oc2c(O)ccc(CCC(=O)c3ccc(O)cc3O)c2CC1O. The van der Waals surface area contributed by atoms with Gasteiger partial charge in [0.15, 0.2) is 17.3 Å². The molecule has 3 rings (SSSR count). The number of carbonyl (C=O) groups excluding carboxylic acids is 1. The van der Waals surface area contributed by atoms with Crippen LogP contribution in [0.3, 0.4) is 0 Å². The molecule has 0 saturated carbocycles. The maximum absolute atomic E-state index is 12.6. The van der Waals surface area contributed by atoms with E-state index in [1.807, 2.05) is 0 Å². The number of fused-ring (bicyclic) bond motifs is 1. The number of Topliss-reactive ketones (excluding diaryl/α,β-unsaturated/α-hetero) is 1. The van der Waals surface area contributed by atoms with Crippen molar-refractivity contribution in [1.29, 1.82) is 0 Å². The van der Waals surface area contributed by atoms with Crippen molar-refractivity contribution in [2.45, 2.75) is 76.6 Å². The van der Waals surface area contributed by atoms with Gasteiger partial charge in [0.05, 0.1) is 17.3 Å². The lowest BCUT2D eigenvalue weighted by Gasteiger charge is -2.41. The molecule has 0 saturated heterocycles. The van der Waals surface area contributed by atoms with Gasteiger partial charge >= 0.3 is 0 Å². The highest BCUT2D eigenvalue weighted by Crippen LogP contribution is 2.43. The van der Waals surface area contributed by atoms with E-state index in [0.29, 0.717) is 37.0 Å². The molecule has 2 aromatic carbocycles.